The molecule has 0 saturated heterocycles. The zero-order valence-electron chi connectivity index (χ0n) is 15.9. The lowest BCUT2D eigenvalue weighted by atomic mass is 10.0. The van der Waals surface area contributed by atoms with Crippen molar-refractivity contribution >= 4 is 5.97 Å². The lowest BCUT2D eigenvalue weighted by molar-refractivity contribution is 0.0372. The number of benzene rings is 2. The van der Waals surface area contributed by atoms with E-state index in [0.717, 1.165) is 23.2 Å². The second-order valence-electron chi connectivity index (χ2n) is 7.27. The van der Waals surface area contributed by atoms with Crippen LogP contribution in [0.25, 0.3) is 33.6 Å². The highest BCUT2D eigenvalue weighted by Crippen LogP contribution is 2.40. The van der Waals surface area contributed by atoms with Crippen molar-refractivity contribution in [2.24, 2.45) is 0 Å². The number of hydrogen-bond donors (Lipinski definition) is 2. The van der Waals surface area contributed by atoms with Crippen LogP contribution >= 0.6 is 0 Å². The molecule has 0 radical (unpaired) electrons. The molecule has 2 heterocycles. The number of carbonyl (C=O) groups is 1. The highest BCUT2D eigenvalue weighted by atomic mass is 16.5. The van der Waals surface area contributed by atoms with Gasteiger partial charge in [0.1, 0.15) is 11.4 Å². The summed E-state index contributed by atoms with van der Waals surface area (Å²) in [5, 5.41) is 21.2. The Bertz CT molecular complexity index is 1210. The zero-order valence-corrected chi connectivity index (χ0v) is 15.9. The first-order valence-corrected chi connectivity index (χ1v) is 9.35. The van der Waals surface area contributed by atoms with E-state index in [-0.39, 0.29) is 11.8 Å². The molecule has 1 aliphatic carbocycles. The molecule has 144 valence electrons. The van der Waals surface area contributed by atoms with Crippen molar-refractivity contribution in [1.29, 1.82) is 0 Å². The fourth-order valence-electron chi connectivity index (χ4n) is 3.71. The maximum absolute atomic E-state index is 12.3. The van der Waals surface area contributed by atoms with Gasteiger partial charge in [0.25, 0.3) is 0 Å². The van der Waals surface area contributed by atoms with E-state index in [1.54, 1.807) is 20.0 Å². The molecule has 8 nitrogen and oxygen atoms in total. The molecule has 2 aromatic heterocycles. The van der Waals surface area contributed by atoms with Gasteiger partial charge >= 0.3 is 5.97 Å². The molecule has 29 heavy (non-hydrogen) atoms. The molecule has 0 fully saturated rings. The lowest BCUT2D eigenvalue weighted by Crippen LogP contribution is -2.13. The summed E-state index contributed by atoms with van der Waals surface area (Å²) >= 11 is 0. The summed E-state index contributed by atoms with van der Waals surface area (Å²) in [5.41, 5.74) is 8.25. The summed E-state index contributed by atoms with van der Waals surface area (Å²) < 4.78 is 5.28. The normalized spacial score (nSPS) is 12.1. The molecule has 2 aromatic carbocycles. The van der Waals surface area contributed by atoms with Gasteiger partial charge in [0, 0.05) is 17.3 Å². The molecule has 0 unspecified atom stereocenters. The minimum atomic E-state index is -0.457. The number of fused-ring (bicyclic) bond motifs is 3. The van der Waals surface area contributed by atoms with Crippen LogP contribution in [0, 0.1) is 0 Å². The molecule has 1 aliphatic rings. The van der Waals surface area contributed by atoms with Gasteiger partial charge in [-0.3, -0.25) is 10.2 Å². The van der Waals surface area contributed by atoms with E-state index in [0.29, 0.717) is 5.69 Å². The predicted octanol–water partition coefficient (Wildman–Crippen LogP) is 3.39. The first-order chi connectivity index (χ1) is 14.1. The Morgan fingerprint density at radius 3 is 2.41 bits per heavy atom. The molecule has 0 atom stereocenters. The van der Waals surface area contributed by atoms with Crippen molar-refractivity contribution in [3.8, 4) is 33.6 Å². The highest BCUT2D eigenvalue weighted by Gasteiger charge is 2.23. The first kappa shape index (κ1) is 17.3. The minimum absolute atomic E-state index is 0.216. The Morgan fingerprint density at radius 2 is 1.72 bits per heavy atom. The number of nitrogens with one attached hydrogen (secondary N) is 2. The Labute approximate surface area is 166 Å². The maximum atomic E-state index is 12.3. The largest absolute Gasteiger partial charge is 0.458 e. The zero-order chi connectivity index (χ0) is 20.0. The predicted molar refractivity (Wildman–Crippen MR) is 106 cm³/mol. The van der Waals surface area contributed by atoms with Crippen LogP contribution in [0.1, 0.15) is 35.5 Å². The summed E-state index contributed by atoms with van der Waals surface area (Å²) in [6, 6.07) is 12.4. The third kappa shape index (κ3) is 2.98. The van der Waals surface area contributed by atoms with E-state index in [2.05, 4.69) is 61.2 Å². The standard InChI is InChI=1S/C21H18N6O2/c1-11(2)29-21(28)20-19(24-27-25-20)13-4-6-17-15(8-13)9-14-7-12(3-5-16(14)17)18-10-22-26-23-18/h3-8,10-11H,9H2,1-2H3,(H,22,23,26)(H,24,25,27). The number of hydrogen-bond acceptors (Lipinski definition) is 6. The third-order valence-corrected chi connectivity index (χ3v) is 4.96. The second-order valence-corrected chi connectivity index (χ2v) is 7.27. The number of H-pyrrole nitrogens is 2. The molecule has 2 N–H and O–H groups in total. The van der Waals surface area contributed by atoms with E-state index in [4.69, 9.17) is 4.74 Å². The van der Waals surface area contributed by atoms with E-state index in [1.807, 2.05) is 6.07 Å². The molecule has 8 heteroatoms. The number of aromatic nitrogens is 6. The summed E-state index contributed by atoms with van der Waals surface area (Å²) in [7, 11) is 0. The topological polar surface area (TPSA) is 109 Å². The number of esters is 1. The van der Waals surface area contributed by atoms with E-state index < -0.39 is 5.97 Å². The number of ether oxygens (including phenoxy) is 1. The minimum Gasteiger partial charge on any atom is -0.458 e. The number of nitrogens with zero attached hydrogens (tertiary/aromatic N) is 4. The summed E-state index contributed by atoms with van der Waals surface area (Å²) in [4.78, 5) is 12.3. The molecule has 0 spiro atoms. The van der Waals surface area contributed by atoms with Gasteiger partial charge in [-0.15, -0.1) is 10.2 Å². The fourth-order valence-corrected chi connectivity index (χ4v) is 3.71. The monoisotopic (exact) mass is 386 g/mol. The SMILES string of the molecule is CC(C)OC(=O)c1[nH]nnc1-c1ccc2c(c1)Cc1cc(-c3c[nH]nn3)ccc1-2. The molecule has 0 aliphatic heterocycles. The Hall–Kier alpha value is -3.81. The van der Waals surface area contributed by atoms with E-state index in [9.17, 15) is 4.79 Å². The average molecular weight is 386 g/mol. The first-order valence-electron chi connectivity index (χ1n) is 9.35. The lowest BCUT2D eigenvalue weighted by Gasteiger charge is -2.08. The van der Waals surface area contributed by atoms with Gasteiger partial charge in [-0.1, -0.05) is 34.7 Å². The van der Waals surface area contributed by atoms with Crippen LogP contribution in [0.15, 0.2) is 42.6 Å². The quantitative estimate of drug-likeness (QED) is 0.458. The van der Waals surface area contributed by atoms with Crippen molar-refractivity contribution < 1.29 is 9.53 Å². The third-order valence-electron chi connectivity index (χ3n) is 4.96. The van der Waals surface area contributed by atoms with Crippen LogP contribution in [0.2, 0.25) is 0 Å². The van der Waals surface area contributed by atoms with Crippen LogP contribution in [-0.2, 0) is 11.2 Å². The maximum Gasteiger partial charge on any atom is 0.358 e. The van der Waals surface area contributed by atoms with Crippen molar-refractivity contribution in [2.75, 3.05) is 0 Å². The van der Waals surface area contributed by atoms with Crippen LogP contribution in [-0.4, -0.2) is 42.9 Å². The van der Waals surface area contributed by atoms with E-state index >= 15 is 0 Å². The number of aromatic amines is 2. The molecule has 4 aromatic rings. The number of carbonyl (C=O) groups excluding carboxylic acids is 1. The van der Waals surface area contributed by atoms with Gasteiger partial charge in [0.05, 0.1) is 6.10 Å². The Kier molecular flexibility index (Phi) is 3.97. The molecular weight excluding hydrogens is 368 g/mol. The van der Waals surface area contributed by atoms with Gasteiger partial charge in [0.2, 0.25) is 0 Å². The highest BCUT2D eigenvalue weighted by molar-refractivity contribution is 5.94. The average Bonchev–Trinajstić information content (AvgIpc) is 3.44. The summed E-state index contributed by atoms with van der Waals surface area (Å²) in [6.45, 7) is 3.61. The van der Waals surface area contributed by atoms with Gasteiger partial charge in [-0.25, -0.2) is 4.79 Å². The summed E-state index contributed by atoms with van der Waals surface area (Å²) in [5.74, 6) is -0.457. The van der Waals surface area contributed by atoms with Crippen molar-refractivity contribution in [3.63, 3.8) is 0 Å². The van der Waals surface area contributed by atoms with Gasteiger partial charge in [-0.05, 0) is 54.7 Å². The molecule has 0 saturated carbocycles. The second kappa shape index (κ2) is 6.66. The smallest absolute Gasteiger partial charge is 0.358 e. The Morgan fingerprint density at radius 1 is 1.00 bits per heavy atom. The molecule has 0 amide bonds. The van der Waals surface area contributed by atoms with Gasteiger partial charge in [0.15, 0.2) is 5.69 Å². The Balaban J connectivity index is 1.49. The molecule has 5 rings (SSSR count). The van der Waals surface area contributed by atoms with Crippen molar-refractivity contribution in [2.45, 2.75) is 26.4 Å². The van der Waals surface area contributed by atoms with E-state index in [1.165, 1.54) is 22.3 Å². The summed E-state index contributed by atoms with van der Waals surface area (Å²) in [6.07, 6.45) is 2.37. The number of rotatable bonds is 4. The van der Waals surface area contributed by atoms with Gasteiger partial charge in [-0.2, -0.15) is 0 Å². The van der Waals surface area contributed by atoms with Crippen molar-refractivity contribution in [3.05, 3.63) is 59.4 Å². The van der Waals surface area contributed by atoms with Crippen LogP contribution in [0.3, 0.4) is 0 Å². The van der Waals surface area contributed by atoms with Crippen LogP contribution in [0.5, 0.6) is 0 Å². The van der Waals surface area contributed by atoms with Crippen LogP contribution in [0.4, 0.5) is 0 Å². The van der Waals surface area contributed by atoms with Gasteiger partial charge < -0.3 is 4.74 Å². The van der Waals surface area contributed by atoms with Crippen molar-refractivity contribution in [1.82, 2.24) is 30.8 Å². The fraction of sp³-hybridized carbons (Fsp3) is 0.190. The molecule has 0 bridgehead atoms. The molecular formula is C21H18N6O2. The van der Waals surface area contributed by atoms with Crippen LogP contribution < -0.4 is 0 Å².